The van der Waals surface area contributed by atoms with E-state index >= 15 is 0 Å². The van der Waals surface area contributed by atoms with E-state index < -0.39 is 0 Å². The van der Waals surface area contributed by atoms with Gasteiger partial charge in [-0.1, -0.05) is 0 Å². The normalized spacial score (nSPS) is 31.5. The molecule has 1 heterocycles. The van der Waals surface area contributed by atoms with Gasteiger partial charge in [-0.25, -0.2) is 0 Å². The molecule has 1 fully saturated rings. The van der Waals surface area contributed by atoms with Crippen LogP contribution in [0.3, 0.4) is 0 Å². The van der Waals surface area contributed by atoms with Gasteiger partial charge in [0.2, 0.25) is 5.91 Å². The Labute approximate surface area is 79.5 Å². The number of nitrogens with zero attached hydrogens (tertiary/aromatic N) is 1. The van der Waals surface area contributed by atoms with Crippen LogP contribution >= 0.6 is 0 Å². The zero-order chi connectivity index (χ0) is 10.0. The third-order valence-corrected chi connectivity index (χ3v) is 2.71. The number of amides is 1. The molecule has 0 aromatic rings. The number of nitrogens with two attached hydrogens (primary N) is 1. The number of hydrogen-bond acceptors (Lipinski definition) is 3. The largest absolute Gasteiger partial charge is 0.336 e. The molecule has 1 rings (SSSR count). The van der Waals surface area contributed by atoms with Gasteiger partial charge in [0.25, 0.3) is 0 Å². The van der Waals surface area contributed by atoms with Crippen LogP contribution in [0.4, 0.5) is 0 Å². The number of nitrogens with one attached hydrogen (secondary N) is 1. The molecule has 1 aliphatic rings. The van der Waals surface area contributed by atoms with Crippen LogP contribution in [0, 0.1) is 0 Å². The van der Waals surface area contributed by atoms with Crippen LogP contribution in [0.15, 0.2) is 0 Å². The lowest BCUT2D eigenvalue weighted by Crippen LogP contribution is -2.59. The maximum atomic E-state index is 11.6. The van der Waals surface area contributed by atoms with Crippen LogP contribution in [0.25, 0.3) is 0 Å². The molecule has 0 radical (unpaired) electrons. The van der Waals surface area contributed by atoms with Crippen molar-refractivity contribution in [1.29, 1.82) is 0 Å². The molecule has 0 aliphatic carbocycles. The first-order valence-corrected chi connectivity index (χ1v) is 4.83. The summed E-state index contributed by atoms with van der Waals surface area (Å²) in [6.45, 7) is 7.51. The van der Waals surface area contributed by atoms with Crippen molar-refractivity contribution in [2.24, 2.45) is 5.73 Å². The molecule has 13 heavy (non-hydrogen) atoms. The third-order valence-electron chi connectivity index (χ3n) is 2.71. The molecule has 3 atom stereocenters. The molecule has 0 spiro atoms. The lowest BCUT2D eigenvalue weighted by atomic mass is 10.1. The molecule has 0 bridgehead atoms. The Bertz CT molecular complexity index is 193. The molecule has 0 aromatic carbocycles. The van der Waals surface area contributed by atoms with Gasteiger partial charge < -0.3 is 16.0 Å². The molecule has 76 valence electrons. The Morgan fingerprint density at radius 2 is 2.23 bits per heavy atom. The molecule has 0 aromatic heterocycles. The van der Waals surface area contributed by atoms with Crippen molar-refractivity contribution < 1.29 is 4.79 Å². The fourth-order valence-electron chi connectivity index (χ4n) is 1.63. The standard InChI is InChI=1S/C9H19N3O/c1-6(10)9(13)12-5-4-11-7(2)8(12)3/h6-8,11H,4-5,10H2,1-3H3. The molecule has 4 nitrogen and oxygen atoms in total. The van der Waals surface area contributed by atoms with E-state index in [-0.39, 0.29) is 18.0 Å². The zero-order valence-corrected chi connectivity index (χ0v) is 8.58. The van der Waals surface area contributed by atoms with E-state index in [0.717, 1.165) is 13.1 Å². The van der Waals surface area contributed by atoms with Gasteiger partial charge >= 0.3 is 0 Å². The Kier molecular flexibility index (Phi) is 3.27. The lowest BCUT2D eigenvalue weighted by molar-refractivity contribution is -0.135. The first-order chi connectivity index (χ1) is 6.04. The minimum Gasteiger partial charge on any atom is -0.336 e. The van der Waals surface area contributed by atoms with Gasteiger partial charge in [0.1, 0.15) is 0 Å². The first-order valence-electron chi connectivity index (χ1n) is 4.83. The summed E-state index contributed by atoms with van der Waals surface area (Å²) in [5.74, 6) is 0.0563. The average Bonchev–Trinajstić information content (AvgIpc) is 2.08. The highest BCUT2D eigenvalue weighted by Gasteiger charge is 2.29. The number of hydrogen-bond donors (Lipinski definition) is 2. The van der Waals surface area contributed by atoms with Gasteiger partial charge in [0, 0.05) is 25.2 Å². The van der Waals surface area contributed by atoms with Crippen molar-refractivity contribution in [2.45, 2.75) is 38.9 Å². The monoisotopic (exact) mass is 185 g/mol. The fraction of sp³-hybridized carbons (Fsp3) is 0.889. The number of piperazine rings is 1. The van der Waals surface area contributed by atoms with E-state index in [9.17, 15) is 4.79 Å². The minimum atomic E-state index is -0.382. The zero-order valence-electron chi connectivity index (χ0n) is 8.58. The Balaban J connectivity index is 2.62. The summed E-state index contributed by atoms with van der Waals surface area (Å²) in [6, 6.07) is 0.219. The van der Waals surface area contributed by atoms with E-state index in [0.29, 0.717) is 6.04 Å². The highest BCUT2D eigenvalue weighted by atomic mass is 16.2. The fourth-order valence-corrected chi connectivity index (χ4v) is 1.63. The van der Waals surface area contributed by atoms with E-state index in [1.807, 2.05) is 4.90 Å². The average molecular weight is 185 g/mol. The third kappa shape index (κ3) is 2.19. The summed E-state index contributed by atoms with van der Waals surface area (Å²) < 4.78 is 0. The second-order valence-corrected chi connectivity index (χ2v) is 3.80. The van der Waals surface area contributed by atoms with Crippen molar-refractivity contribution in [3.05, 3.63) is 0 Å². The molecule has 1 aliphatic heterocycles. The SMILES string of the molecule is CC(N)C(=O)N1CCNC(C)C1C. The van der Waals surface area contributed by atoms with Crippen LogP contribution in [-0.4, -0.2) is 42.0 Å². The topological polar surface area (TPSA) is 58.4 Å². The van der Waals surface area contributed by atoms with Gasteiger partial charge in [0.05, 0.1) is 6.04 Å². The molecular weight excluding hydrogens is 166 g/mol. The van der Waals surface area contributed by atoms with E-state index in [2.05, 4.69) is 19.2 Å². The predicted octanol–water partition coefficient (Wildman–Crippen LogP) is -0.458. The summed E-state index contributed by atoms with van der Waals surface area (Å²) in [7, 11) is 0. The summed E-state index contributed by atoms with van der Waals surface area (Å²) in [5.41, 5.74) is 5.56. The second-order valence-electron chi connectivity index (χ2n) is 3.80. The Morgan fingerprint density at radius 1 is 1.62 bits per heavy atom. The number of carbonyl (C=O) groups excluding carboxylic acids is 1. The molecule has 1 saturated heterocycles. The number of rotatable bonds is 1. The van der Waals surface area contributed by atoms with Gasteiger partial charge in [-0.3, -0.25) is 4.79 Å². The van der Waals surface area contributed by atoms with Gasteiger partial charge in [-0.2, -0.15) is 0 Å². The highest BCUT2D eigenvalue weighted by Crippen LogP contribution is 2.09. The first kappa shape index (κ1) is 10.5. The van der Waals surface area contributed by atoms with Crippen molar-refractivity contribution in [3.8, 4) is 0 Å². The van der Waals surface area contributed by atoms with Gasteiger partial charge in [0.15, 0.2) is 0 Å². The van der Waals surface area contributed by atoms with Crippen LogP contribution in [0.2, 0.25) is 0 Å². The lowest BCUT2D eigenvalue weighted by Gasteiger charge is -2.39. The van der Waals surface area contributed by atoms with Crippen molar-refractivity contribution >= 4 is 5.91 Å². The Morgan fingerprint density at radius 3 is 2.77 bits per heavy atom. The highest BCUT2D eigenvalue weighted by molar-refractivity contribution is 5.81. The maximum Gasteiger partial charge on any atom is 0.239 e. The summed E-state index contributed by atoms with van der Waals surface area (Å²) in [5, 5.41) is 3.32. The van der Waals surface area contributed by atoms with Crippen LogP contribution in [0.1, 0.15) is 20.8 Å². The molecular formula is C9H19N3O. The van der Waals surface area contributed by atoms with E-state index in [4.69, 9.17) is 5.73 Å². The molecule has 1 amide bonds. The number of carbonyl (C=O) groups is 1. The smallest absolute Gasteiger partial charge is 0.239 e. The molecule has 4 heteroatoms. The molecule has 0 saturated carbocycles. The van der Waals surface area contributed by atoms with Crippen LogP contribution in [-0.2, 0) is 4.79 Å². The van der Waals surface area contributed by atoms with E-state index in [1.54, 1.807) is 6.92 Å². The summed E-state index contributed by atoms with van der Waals surface area (Å²) in [4.78, 5) is 13.5. The minimum absolute atomic E-state index is 0.0563. The van der Waals surface area contributed by atoms with Gasteiger partial charge in [-0.05, 0) is 20.8 Å². The van der Waals surface area contributed by atoms with E-state index in [1.165, 1.54) is 0 Å². The summed E-state index contributed by atoms with van der Waals surface area (Å²) in [6.07, 6.45) is 0. The molecule has 3 unspecified atom stereocenters. The second kappa shape index (κ2) is 4.07. The van der Waals surface area contributed by atoms with Crippen LogP contribution < -0.4 is 11.1 Å². The quantitative estimate of drug-likeness (QED) is 0.581. The van der Waals surface area contributed by atoms with Crippen molar-refractivity contribution in [3.63, 3.8) is 0 Å². The predicted molar refractivity (Wildman–Crippen MR) is 52.3 cm³/mol. The van der Waals surface area contributed by atoms with Crippen LogP contribution in [0.5, 0.6) is 0 Å². The Hall–Kier alpha value is -0.610. The summed E-state index contributed by atoms with van der Waals surface area (Å²) >= 11 is 0. The van der Waals surface area contributed by atoms with Crippen molar-refractivity contribution in [1.82, 2.24) is 10.2 Å². The van der Waals surface area contributed by atoms with Gasteiger partial charge in [-0.15, -0.1) is 0 Å². The van der Waals surface area contributed by atoms with Crippen molar-refractivity contribution in [2.75, 3.05) is 13.1 Å². The maximum absolute atomic E-state index is 11.6. The molecule has 3 N–H and O–H groups in total.